The third kappa shape index (κ3) is 22.8. The molecule has 0 bridgehead atoms. The van der Waals surface area contributed by atoms with Gasteiger partial charge in [-0.25, -0.2) is 0 Å². The van der Waals surface area contributed by atoms with Crippen LogP contribution < -0.4 is 4.89 Å². The number of hydrogen-bond acceptors (Lipinski definition) is 4. The van der Waals surface area contributed by atoms with E-state index < -0.39 is 15.0 Å². The highest BCUT2D eigenvalue weighted by Gasteiger charge is 1.95. The highest BCUT2D eigenvalue weighted by Crippen LogP contribution is 2.06. The van der Waals surface area contributed by atoms with Crippen molar-refractivity contribution in [3.8, 4) is 0 Å². The summed E-state index contributed by atoms with van der Waals surface area (Å²) in [6.07, 6.45) is 2.64. The molecule has 0 radical (unpaired) electrons. The molecule has 12 heavy (non-hydrogen) atoms. The fourth-order valence-corrected chi connectivity index (χ4v) is 0.245. The van der Waals surface area contributed by atoms with Crippen LogP contribution >= 0.6 is 8.25 Å². The molecule has 1 unspecified atom stereocenters. The zero-order valence-electron chi connectivity index (χ0n) is 7.13. The highest BCUT2D eigenvalue weighted by atomic mass is 31.1. The van der Waals surface area contributed by atoms with Crippen LogP contribution in [0.25, 0.3) is 10.4 Å². The number of hydrogen-bond donors (Lipinski definition) is 0. The van der Waals surface area contributed by atoms with Crippen LogP contribution in [0.3, 0.4) is 0 Å². The molecule has 0 saturated carbocycles. The van der Waals surface area contributed by atoms with Gasteiger partial charge >= 0.3 is 8.25 Å². The first-order chi connectivity index (χ1) is 5.68. The summed E-state index contributed by atoms with van der Waals surface area (Å²) in [7, 11) is -2.88. The Morgan fingerprint density at radius 1 is 1.58 bits per heavy atom. The Balaban J connectivity index is 0. The van der Waals surface area contributed by atoms with Gasteiger partial charge in [0.1, 0.15) is 0 Å². The maximum absolute atomic E-state index is 9.51. The SMILES string of the molecule is CCCC.[N-]=[N+]=NCO[P+](=O)[O-]. The lowest BCUT2D eigenvalue weighted by Crippen LogP contribution is -1.89. The number of unbranched alkanes of at least 4 members (excludes halogenated alkanes) is 1. The van der Waals surface area contributed by atoms with Crippen molar-refractivity contribution in [1.29, 1.82) is 0 Å². The third-order valence-electron chi connectivity index (χ3n) is 0.784. The molecule has 0 saturated heterocycles. The maximum atomic E-state index is 9.51. The highest BCUT2D eigenvalue weighted by molar-refractivity contribution is 7.30. The fourth-order valence-electron chi connectivity index (χ4n) is 0.0988. The van der Waals surface area contributed by atoms with Gasteiger partial charge in [0.05, 0.1) is 0 Å². The van der Waals surface area contributed by atoms with Crippen molar-refractivity contribution in [2.75, 3.05) is 6.73 Å². The van der Waals surface area contributed by atoms with Crippen LogP contribution in [0.5, 0.6) is 0 Å². The van der Waals surface area contributed by atoms with E-state index in [0.717, 1.165) is 0 Å². The van der Waals surface area contributed by atoms with Crippen LogP contribution in [0.15, 0.2) is 5.11 Å². The van der Waals surface area contributed by atoms with Gasteiger partial charge in [-0.3, -0.25) is 0 Å². The fraction of sp³-hybridized carbons (Fsp3) is 1.00. The van der Waals surface area contributed by atoms with Crippen LogP contribution in [0, 0.1) is 0 Å². The summed E-state index contributed by atoms with van der Waals surface area (Å²) in [5.74, 6) is 0. The number of nitrogens with zero attached hydrogens (tertiary/aromatic N) is 3. The Kier molecular flexibility index (Phi) is 15.0. The smallest absolute Gasteiger partial charge is 0.488 e. The van der Waals surface area contributed by atoms with E-state index in [-0.39, 0.29) is 0 Å². The summed E-state index contributed by atoms with van der Waals surface area (Å²) in [5.41, 5.74) is 7.56. The van der Waals surface area contributed by atoms with Gasteiger partial charge in [-0.1, -0.05) is 31.8 Å². The molecule has 0 N–H and O–H groups in total. The van der Waals surface area contributed by atoms with E-state index in [1.54, 1.807) is 0 Å². The molecule has 0 fully saturated rings. The van der Waals surface area contributed by atoms with Crippen molar-refractivity contribution in [3.63, 3.8) is 0 Å². The second-order valence-corrected chi connectivity index (χ2v) is 2.42. The van der Waals surface area contributed by atoms with Gasteiger partial charge in [0.25, 0.3) is 0 Å². The van der Waals surface area contributed by atoms with Gasteiger partial charge in [-0.2, -0.15) is 0 Å². The average Bonchev–Trinajstić information content (AvgIpc) is 2.05. The molecule has 0 aliphatic heterocycles. The lowest BCUT2D eigenvalue weighted by molar-refractivity contribution is -0.185. The van der Waals surface area contributed by atoms with Crippen molar-refractivity contribution in [3.05, 3.63) is 10.4 Å². The summed E-state index contributed by atoms with van der Waals surface area (Å²) < 4.78 is 13.3. The van der Waals surface area contributed by atoms with Gasteiger partial charge in [-0.15, -0.1) is 4.52 Å². The number of rotatable bonds is 4. The van der Waals surface area contributed by atoms with Crippen molar-refractivity contribution in [1.82, 2.24) is 0 Å². The average molecular weight is 193 g/mol. The van der Waals surface area contributed by atoms with E-state index in [4.69, 9.17) is 5.53 Å². The topological polar surface area (TPSA) is 98.1 Å². The Bertz CT molecular complexity index is 154. The minimum absolute atomic E-state index is 0.463. The predicted molar refractivity (Wildman–Crippen MR) is 43.3 cm³/mol. The van der Waals surface area contributed by atoms with Gasteiger partial charge in [0.15, 0.2) is 6.73 Å². The second kappa shape index (κ2) is 13.0. The largest absolute Gasteiger partial charge is 0.566 e. The monoisotopic (exact) mass is 193 g/mol. The zero-order chi connectivity index (χ0) is 9.82. The van der Waals surface area contributed by atoms with Gasteiger partial charge in [0, 0.05) is 4.91 Å². The lowest BCUT2D eigenvalue weighted by atomic mass is 10.4. The number of azide groups is 1. The van der Waals surface area contributed by atoms with Gasteiger partial charge in [-0.05, 0) is 10.1 Å². The molecule has 0 rings (SSSR count). The van der Waals surface area contributed by atoms with E-state index in [0.29, 0.717) is 0 Å². The Morgan fingerprint density at radius 2 is 2.08 bits per heavy atom. The van der Waals surface area contributed by atoms with E-state index in [9.17, 15) is 9.46 Å². The van der Waals surface area contributed by atoms with Crippen LogP contribution in [0.4, 0.5) is 0 Å². The van der Waals surface area contributed by atoms with Crippen molar-refractivity contribution in [2.24, 2.45) is 5.11 Å². The quantitative estimate of drug-likeness (QED) is 0.295. The summed E-state index contributed by atoms with van der Waals surface area (Å²) in [6.45, 7) is 3.90. The normalized spacial score (nSPS) is 9.08. The molecule has 0 aromatic rings. The Labute approximate surface area is 72.1 Å². The zero-order valence-corrected chi connectivity index (χ0v) is 8.03. The van der Waals surface area contributed by atoms with E-state index in [1.807, 2.05) is 0 Å². The van der Waals surface area contributed by atoms with Crippen molar-refractivity contribution >= 4 is 8.25 Å². The molecule has 70 valence electrons. The molecule has 0 spiro atoms. The summed E-state index contributed by atoms with van der Waals surface area (Å²) >= 11 is 0. The first-order valence-corrected chi connectivity index (χ1v) is 4.56. The van der Waals surface area contributed by atoms with Crippen molar-refractivity contribution < 1.29 is 14.0 Å². The Hall–Kier alpha value is -0.670. The van der Waals surface area contributed by atoms with Gasteiger partial charge in [0.2, 0.25) is 0 Å². The molecule has 0 heterocycles. The molecular weight excluding hydrogens is 181 g/mol. The van der Waals surface area contributed by atoms with Gasteiger partial charge < -0.3 is 4.89 Å². The maximum Gasteiger partial charge on any atom is 0.488 e. The molecule has 0 aliphatic carbocycles. The molecule has 0 aromatic heterocycles. The van der Waals surface area contributed by atoms with E-state index in [1.165, 1.54) is 12.8 Å². The summed E-state index contributed by atoms with van der Waals surface area (Å²) in [4.78, 5) is 11.7. The first-order valence-electron chi connectivity index (χ1n) is 3.47. The Morgan fingerprint density at radius 3 is 2.33 bits per heavy atom. The molecular formula is C5H12N3O3P. The van der Waals surface area contributed by atoms with E-state index >= 15 is 0 Å². The molecule has 0 aromatic carbocycles. The molecule has 6 nitrogen and oxygen atoms in total. The molecule has 1 atom stereocenters. The minimum Gasteiger partial charge on any atom is -0.566 e. The summed E-state index contributed by atoms with van der Waals surface area (Å²) in [5, 5.41) is 2.79. The minimum atomic E-state index is -2.88. The predicted octanol–water partition coefficient (Wildman–Crippen LogP) is 2.09. The molecule has 0 amide bonds. The third-order valence-corrected chi connectivity index (χ3v) is 1.11. The standard InChI is InChI=1S/C4H10.CH2N3O3P/c1-3-4-2;2-4-3-1-7-8(5)6/h3-4H2,1-2H3;1H2. The summed E-state index contributed by atoms with van der Waals surface area (Å²) in [6, 6.07) is 0. The van der Waals surface area contributed by atoms with Crippen LogP contribution in [0.2, 0.25) is 0 Å². The van der Waals surface area contributed by atoms with E-state index in [2.05, 4.69) is 28.4 Å². The molecule has 7 heteroatoms. The molecule has 0 aliphatic rings. The van der Waals surface area contributed by atoms with Crippen LogP contribution in [-0.4, -0.2) is 6.73 Å². The van der Waals surface area contributed by atoms with Crippen LogP contribution in [-0.2, 0) is 9.09 Å². The first kappa shape index (κ1) is 13.9. The lowest BCUT2D eigenvalue weighted by Gasteiger charge is -1.79. The van der Waals surface area contributed by atoms with Crippen molar-refractivity contribution in [2.45, 2.75) is 26.7 Å². The second-order valence-electron chi connectivity index (χ2n) is 1.71. The van der Waals surface area contributed by atoms with Crippen LogP contribution in [0.1, 0.15) is 26.7 Å².